The van der Waals surface area contributed by atoms with Crippen molar-refractivity contribution in [1.29, 1.82) is 0 Å². The lowest BCUT2D eigenvalue weighted by Crippen LogP contribution is -2.08. The number of phenolic OH excluding ortho intramolecular Hbond substituents is 1. The fourth-order valence-corrected chi connectivity index (χ4v) is 3.00. The highest BCUT2D eigenvalue weighted by Crippen LogP contribution is 2.36. The summed E-state index contributed by atoms with van der Waals surface area (Å²) in [5, 5.41) is 13.2. The Morgan fingerprint density at radius 2 is 2.10 bits per heavy atom. The van der Waals surface area contributed by atoms with Crippen molar-refractivity contribution >= 4 is 5.69 Å². The molecule has 0 spiro atoms. The predicted molar refractivity (Wildman–Crippen MR) is 85.1 cm³/mol. The Balaban J connectivity index is 1.80. The normalized spacial score (nSPS) is 16.6. The zero-order valence-corrected chi connectivity index (χ0v) is 12.5. The molecule has 0 amide bonds. The van der Waals surface area contributed by atoms with Crippen LogP contribution in [-0.4, -0.2) is 11.7 Å². The minimum atomic E-state index is 0.317. The second kappa shape index (κ2) is 5.68. The quantitative estimate of drug-likeness (QED) is 0.883. The van der Waals surface area contributed by atoms with Crippen LogP contribution < -0.4 is 10.1 Å². The Kier molecular flexibility index (Phi) is 3.74. The Bertz CT molecular complexity index is 652. The molecule has 2 N–H and O–H groups in total. The first-order valence-electron chi connectivity index (χ1n) is 7.49. The van der Waals surface area contributed by atoms with Crippen molar-refractivity contribution in [1.82, 2.24) is 0 Å². The Morgan fingerprint density at radius 3 is 2.86 bits per heavy atom. The van der Waals surface area contributed by atoms with Gasteiger partial charge in [0, 0.05) is 5.69 Å². The molecule has 1 aliphatic carbocycles. The number of phenols is 1. The number of aryl methyl sites for hydroxylation is 2. The van der Waals surface area contributed by atoms with E-state index in [1.165, 1.54) is 16.7 Å². The summed E-state index contributed by atoms with van der Waals surface area (Å²) in [5.41, 5.74) is 4.87. The van der Waals surface area contributed by atoms with Gasteiger partial charge in [0.15, 0.2) is 0 Å². The van der Waals surface area contributed by atoms with Crippen LogP contribution in [0.5, 0.6) is 11.5 Å². The van der Waals surface area contributed by atoms with Gasteiger partial charge in [-0.05, 0) is 73.7 Å². The van der Waals surface area contributed by atoms with E-state index in [0.29, 0.717) is 18.4 Å². The first-order chi connectivity index (χ1) is 10.2. The average Bonchev–Trinajstić information content (AvgIpc) is 2.84. The van der Waals surface area contributed by atoms with Gasteiger partial charge in [0.1, 0.15) is 11.5 Å². The monoisotopic (exact) mass is 283 g/mol. The van der Waals surface area contributed by atoms with Crippen molar-refractivity contribution in [2.24, 2.45) is 0 Å². The number of benzene rings is 2. The van der Waals surface area contributed by atoms with Crippen LogP contribution in [0.1, 0.15) is 36.1 Å². The number of aromatic hydroxyl groups is 1. The van der Waals surface area contributed by atoms with Gasteiger partial charge in [-0.1, -0.05) is 6.07 Å². The highest BCUT2D eigenvalue weighted by Gasteiger charge is 2.22. The summed E-state index contributed by atoms with van der Waals surface area (Å²) < 4.78 is 5.53. The lowest BCUT2D eigenvalue weighted by atomic mass is 10.1. The summed E-state index contributed by atoms with van der Waals surface area (Å²) in [7, 11) is 0. The van der Waals surface area contributed by atoms with Crippen molar-refractivity contribution in [3.63, 3.8) is 0 Å². The number of anilines is 1. The van der Waals surface area contributed by atoms with Gasteiger partial charge in [-0.25, -0.2) is 0 Å². The molecule has 2 aromatic carbocycles. The minimum Gasteiger partial charge on any atom is -0.508 e. The molecule has 0 heterocycles. The smallest absolute Gasteiger partial charge is 0.119 e. The molecular formula is C18H21NO2. The zero-order chi connectivity index (χ0) is 14.8. The Morgan fingerprint density at radius 1 is 1.24 bits per heavy atom. The molecule has 0 aliphatic heterocycles. The van der Waals surface area contributed by atoms with Crippen molar-refractivity contribution in [3.05, 3.63) is 53.1 Å². The topological polar surface area (TPSA) is 41.5 Å². The fraction of sp³-hybridized carbons (Fsp3) is 0.333. The van der Waals surface area contributed by atoms with Gasteiger partial charge in [-0.15, -0.1) is 0 Å². The van der Waals surface area contributed by atoms with Crippen LogP contribution in [0.15, 0.2) is 36.4 Å². The largest absolute Gasteiger partial charge is 0.508 e. The second-order valence-electron chi connectivity index (χ2n) is 5.53. The summed E-state index contributed by atoms with van der Waals surface area (Å²) in [5.74, 6) is 1.27. The summed E-state index contributed by atoms with van der Waals surface area (Å²) in [6.07, 6.45) is 2.07. The number of fused-ring (bicyclic) bond motifs is 1. The molecule has 0 radical (unpaired) electrons. The van der Waals surface area contributed by atoms with E-state index >= 15 is 0 Å². The van der Waals surface area contributed by atoms with Crippen LogP contribution in [0.2, 0.25) is 0 Å². The molecule has 0 saturated heterocycles. The highest BCUT2D eigenvalue weighted by atomic mass is 16.5. The number of hydrogen-bond acceptors (Lipinski definition) is 3. The van der Waals surface area contributed by atoms with Crippen LogP contribution in [-0.2, 0) is 6.42 Å². The zero-order valence-electron chi connectivity index (χ0n) is 12.5. The van der Waals surface area contributed by atoms with Crippen LogP contribution >= 0.6 is 0 Å². The van der Waals surface area contributed by atoms with Gasteiger partial charge in [0.05, 0.1) is 12.6 Å². The molecule has 21 heavy (non-hydrogen) atoms. The Hall–Kier alpha value is -2.16. The maximum absolute atomic E-state index is 9.56. The third-order valence-electron chi connectivity index (χ3n) is 4.04. The Labute approximate surface area is 125 Å². The second-order valence-corrected chi connectivity index (χ2v) is 5.53. The highest BCUT2D eigenvalue weighted by molar-refractivity contribution is 5.56. The van der Waals surface area contributed by atoms with Crippen LogP contribution in [0.3, 0.4) is 0 Å². The summed E-state index contributed by atoms with van der Waals surface area (Å²) >= 11 is 0. The lowest BCUT2D eigenvalue weighted by Gasteiger charge is -2.18. The SMILES string of the molecule is CCOc1ccc(NC2CCc3cc(O)ccc32)c(C)c1. The van der Waals surface area contributed by atoms with E-state index in [2.05, 4.69) is 24.4 Å². The molecule has 3 heteroatoms. The molecule has 3 rings (SSSR count). The van der Waals surface area contributed by atoms with Crippen molar-refractivity contribution in [2.75, 3.05) is 11.9 Å². The molecule has 0 fully saturated rings. The maximum atomic E-state index is 9.56. The van der Waals surface area contributed by atoms with E-state index in [-0.39, 0.29) is 0 Å². The minimum absolute atomic E-state index is 0.317. The first kappa shape index (κ1) is 13.8. The standard InChI is InChI=1S/C18H21NO2/c1-3-21-15-6-9-17(12(2)10-15)19-18-8-4-13-11-14(20)5-7-16(13)18/h5-7,9-11,18-20H,3-4,8H2,1-2H3. The van der Waals surface area contributed by atoms with Gasteiger partial charge >= 0.3 is 0 Å². The van der Waals surface area contributed by atoms with Gasteiger partial charge < -0.3 is 15.2 Å². The average molecular weight is 283 g/mol. The summed E-state index contributed by atoms with van der Waals surface area (Å²) in [6.45, 7) is 4.77. The van der Waals surface area contributed by atoms with Gasteiger partial charge in [-0.3, -0.25) is 0 Å². The molecule has 3 nitrogen and oxygen atoms in total. The van der Waals surface area contributed by atoms with Gasteiger partial charge in [0.25, 0.3) is 0 Å². The molecule has 1 aliphatic rings. The van der Waals surface area contributed by atoms with Gasteiger partial charge in [-0.2, -0.15) is 0 Å². The van der Waals surface area contributed by atoms with Crippen LogP contribution in [0, 0.1) is 6.92 Å². The molecule has 0 saturated carbocycles. The first-order valence-corrected chi connectivity index (χ1v) is 7.49. The third-order valence-corrected chi connectivity index (χ3v) is 4.04. The predicted octanol–water partition coefficient (Wildman–Crippen LogP) is 4.20. The summed E-state index contributed by atoms with van der Waals surface area (Å²) in [4.78, 5) is 0. The number of ether oxygens (including phenoxy) is 1. The van der Waals surface area contributed by atoms with E-state index in [0.717, 1.165) is 24.3 Å². The van der Waals surface area contributed by atoms with E-state index in [4.69, 9.17) is 4.74 Å². The molecule has 110 valence electrons. The van der Waals surface area contributed by atoms with Crippen LogP contribution in [0.25, 0.3) is 0 Å². The molecule has 1 unspecified atom stereocenters. The molecule has 2 aromatic rings. The van der Waals surface area contributed by atoms with E-state index in [9.17, 15) is 5.11 Å². The molecule has 1 atom stereocenters. The summed E-state index contributed by atoms with van der Waals surface area (Å²) in [6, 6.07) is 12.1. The van der Waals surface area contributed by atoms with E-state index in [1.807, 2.05) is 25.1 Å². The van der Waals surface area contributed by atoms with Crippen molar-refractivity contribution < 1.29 is 9.84 Å². The lowest BCUT2D eigenvalue weighted by molar-refractivity contribution is 0.340. The van der Waals surface area contributed by atoms with Crippen LogP contribution in [0.4, 0.5) is 5.69 Å². The van der Waals surface area contributed by atoms with E-state index in [1.54, 1.807) is 6.07 Å². The number of nitrogens with one attached hydrogen (secondary N) is 1. The maximum Gasteiger partial charge on any atom is 0.119 e. The number of rotatable bonds is 4. The van der Waals surface area contributed by atoms with Crippen molar-refractivity contribution in [3.8, 4) is 11.5 Å². The van der Waals surface area contributed by atoms with Crippen molar-refractivity contribution in [2.45, 2.75) is 32.7 Å². The fourth-order valence-electron chi connectivity index (χ4n) is 3.00. The molecule has 0 aromatic heterocycles. The van der Waals surface area contributed by atoms with Gasteiger partial charge in [0.2, 0.25) is 0 Å². The third kappa shape index (κ3) is 2.82. The number of hydrogen-bond donors (Lipinski definition) is 2. The molecular weight excluding hydrogens is 262 g/mol. The van der Waals surface area contributed by atoms with E-state index < -0.39 is 0 Å². The molecule has 0 bridgehead atoms.